The number of fused-ring (bicyclic) bond motifs is 1. The Morgan fingerprint density at radius 2 is 2.20 bits per heavy atom. The van der Waals surface area contributed by atoms with E-state index >= 15 is 0 Å². The molecule has 0 aliphatic heterocycles. The maximum absolute atomic E-state index is 11.5. The highest BCUT2D eigenvalue weighted by Gasteiger charge is 2.46. The van der Waals surface area contributed by atoms with Gasteiger partial charge in [0.25, 0.3) is 0 Å². The monoisotopic (exact) mass is 276 g/mol. The molecule has 0 radical (unpaired) electrons. The van der Waals surface area contributed by atoms with Gasteiger partial charge in [0.1, 0.15) is 5.78 Å². The molecule has 2 aliphatic rings. The first-order valence-corrected chi connectivity index (χ1v) is 7.48. The summed E-state index contributed by atoms with van der Waals surface area (Å²) in [5, 5.41) is 20.2. The van der Waals surface area contributed by atoms with Gasteiger partial charge < -0.3 is 10.2 Å². The van der Waals surface area contributed by atoms with E-state index in [-0.39, 0.29) is 23.9 Å². The van der Waals surface area contributed by atoms with Crippen LogP contribution in [-0.2, 0) is 4.79 Å². The largest absolute Gasteiger partial charge is 0.392 e. The maximum atomic E-state index is 11.5. The van der Waals surface area contributed by atoms with Crippen LogP contribution in [0.5, 0.6) is 0 Å². The Kier molecular flexibility index (Phi) is 5.01. The average Bonchev–Trinajstić information content (AvgIpc) is 2.88. The zero-order chi connectivity index (χ0) is 14.7. The van der Waals surface area contributed by atoms with Crippen molar-refractivity contribution in [2.75, 3.05) is 0 Å². The molecule has 20 heavy (non-hydrogen) atoms. The van der Waals surface area contributed by atoms with E-state index in [4.69, 9.17) is 0 Å². The Morgan fingerprint density at radius 1 is 1.45 bits per heavy atom. The normalized spacial score (nSPS) is 35.7. The number of Topliss-reactive ketones (excluding diaryl/α,β-unsaturated/α-hetero) is 1. The number of aliphatic hydroxyl groups is 2. The standard InChI is InChI=1S/C17H24O3/c1-3-4-5-11(2)16(19)7-6-14-15-10-13(18)8-12(15)9-17(14)20/h6-7,11-12,14-17,19-20H,5,8-10H2,1-2H3. The zero-order valence-electron chi connectivity index (χ0n) is 12.2. The summed E-state index contributed by atoms with van der Waals surface area (Å²) in [6.07, 6.45) is 5.39. The molecule has 3 heteroatoms. The van der Waals surface area contributed by atoms with Crippen molar-refractivity contribution in [1.29, 1.82) is 0 Å². The van der Waals surface area contributed by atoms with Crippen LogP contribution in [0.2, 0.25) is 0 Å². The first kappa shape index (κ1) is 15.3. The minimum absolute atomic E-state index is 0.0190. The summed E-state index contributed by atoms with van der Waals surface area (Å²) in [5.41, 5.74) is 0. The van der Waals surface area contributed by atoms with E-state index in [0.29, 0.717) is 31.0 Å². The van der Waals surface area contributed by atoms with Crippen LogP contribution in [0.4, 0.5) is 0 Å². The lowest BCUT2D eigenvalue weighted by atomic mass is 9.90. The molecule has 6 atom stereocenters. The van der Waals surface area contributed by atoms with E-state index in [0.717, 1.165) is 6.42 Å². The second kappa shape index (κ2) is 6.56. The van der Waals surface area contributed by atoms with E-state index in [1.54, 1.807) is 13.0 Å². The summed E-state index contributed by atoms with van der Waals surface area (Å²) < 4.78 is 0. The first-order chi connectivity index (χ1) is 9.52. The molecule has 2 N–H and O–H groups in total. The fraction of sp³-hybridized carbons (Fsp3) is 0.706. The zero-order valence-corrected chi connectivity index (χ0v) is 12.2. The molecule has 0 amide bonds. The lowest BCUT2D eigenvalue weighted by molar-refractivity contribution is -0.118. The molecule has 0 aromatic heterocycles. The van der Waals surface area contributed by atoms with Crippen LogP contribution in [0.25, 0.3) is 0 Å². The van der Waals surface area contributed by atoms with Crippen LogP contribution in [0, 0.1) is 35.5 Å². The Labute approximate surface area is 121 Å². The summed E-state index contributed by atoms with van der Waals surface area (Å²) in [7, 11) is 0. The molecule has 2 saturated carbocycles. The molecule has 6 unspecified atom stereocenters. The minimum Gasteiger partial charge on any atom is -0.392 e. The number of carbonyl (C=O) groups is 1. The third-order valence-corrected chi connectivity index (χ3v) is 4.76. The maximum Gasteiger partial charge on any atom is 0.133 e. The van der Waals surface area contributed by atoms with Crippen molar-refractivity contribution in [3.63, 3.8) is 0 Å². The molecule has 2 aliphatic carbocycles. The predicted octanol–water partition coefficient (Wildman–Crippen LogP) is 1.93. The van der Waals surface area contributed by atoms with Gasteiger partial charge in [-0.15, -0.1) is 11.8 Å². The number of hydrogen-bond acceptors (Lipinski definition) is 3. The number of hydrogen-bond donors (Lipinski definition) is 2. The van der Waals surface area contributed by atoms with Gasteiger partial charge >= 0.3 is 0 Å². The van der Waals surface area contributed by atoms with Crippen molar-refractivity contribution in [3.05, 3.63) is 12.2 Å². The molecule has 0 heterocycles. The topological polar surface area (TPSA) is 57.5 Å². The summed E-state index contributed by atoms with van der Waals surface area (Å²) in [5.74, 6) is 6.83. The highest BCUT2D eigenvalue weighted by molar-refractivity contribution is 5.81. The third kappa shape index (κ3) is 3.31. The van der Waals surface area contributed by atoms with Crippen molar-refractivity contribution in [2.24, 2.45) is 23.7 Å². The number of rotatable bonds is 4. The third-order valence-electron chi connectivity index (χ3n) is 4.76. The Bertz CT molecular complexity index is 443. The summed E-state index contributed by atoms with van der Waals surface area (Å²) in [6, 6.07) is 0. The van der Waals surface area contributed by atoms with Crippen LogP contribution >= 0.6 is 0 Å². The Balaban J connectivity index is 1.95. The van der Waals surface area contributed by atoms with E-state index < -0.39 is 6.10 Å². The van der Waals surface area contributed by atoms with Crippen molar-refractivity contribution < 1.29 is 15.0 Å². The van der Waals surface area contributed by atoms with Gasteiger partial charge in [-0.05, 0) is 31.1 Å². The smallest absolute Gasteiger partial charge is 0.133 e. The van der Waals surface area contributed by atoms with E-state index in [2.05, 4.69) is 11.8 Å². The molecule has 0 spiro atoms. The second-order valence-corrected chi connectivity index (χ2v) is 6.23. The van der Waals surface area contributed by atoms with Crippen molar-refractivity contribution >= 4 is 5.78 Å². The first-order valence-electron chi connectivity index (χ1n) is 7.48. The molecule has 0 saturated heterocycles. The summed E-state index contributed by atoms with van der Waals surface area (Å²) >= 11 is 0. The van der Waals surface area contributed by atoms with Crippen LogP contribution in [0.1, 0.15) is 39.5 Å². The van der Waals surface area contributed by atoms with Gasteiger partial charge in [-0.2, -0.15) is 0 Å². The minimum atomic E-state index is -0.542. The predicted molar refractivity (Wildman–Crippen MR) is 77.7 cm³/mol. The van der Waals surface area contributed by atoms with E-state index in [1.807, 2.05) is 13.0 Å². The van der Waals surface area contributed by atoms with E-state index in [1.165, 1.54) is 0 Å². The molecule has 2 rings (SSSR count). The number of ketones is 1. The van der Waals surface area contributed by atoms with Crippen LogP contribution in [0.15, 0.2) is 12.2 Å². The molecule has 0 aromatic carbocycles. The SMILES string of the molecule is CC#CCC(C)C(O)C=CC1C(O)CC2CC(=O)CC21. The Morgan fingerprint density at radius 3 is 2.90 bits per heavy atom. The van der Waals surface area contributed by atoms with Crippen molar-refractivity contribution in [1.82, 2.24) is 0 Å². The molecular weight excluding hydrogens is 252 g/mol. The van der Waals surface area contributed by atoms with Crippen LogP contribution in [0.3, 0.4) is 0 Å². The molecule has 110 valence electrons. The van der Waals surface area contributed by atoms with E-state index in [9.17, 15) is 15.0 Å². The van der Waals surface area contributed by atoms with Gasteiger partial charge in [0, 0.05) is 25.2 Å². The lowest BCUT2D eigenvalue weighted by Gasteiger charge is -2.18. The molecular formula is C17H24O3. The average molecular weight is 276 g/mol. The quantitative estimate of drug-likeness (QED) is 0.609. The lowest BCUT2D eigenvalue weighted by Crippen LogP contribution is -2.20. The molecule has 0 bridgehead atoms. The fourth-order valence-electron chi connectivity index (χ4n) is 3.50. The van der Waals surface area contributed by atoms with Crippen molar-refractivity contribution in [3.8, 4) is 11.8 Å². The summed E-state index contributed by atoms with van der Waals surface area (Å²) in [4.78, 5) is 11.5. The van der Waals surface area contributed by atoms with Gasteiger partial charge in [0.2, 0.25) is 0 Å². The number of carbonyl (C=O) groups excluding carboxylic acids is 1. The van der Waals surface area contributed by atoms with Gasteiger partial charge in [0.05, 0.1) is 12.2 Å². The highest BCUT2D eigenvalue weighted by Crippen LogP contribution is 2.46. The van der Waals surface area contributed by atoms with Gasteiger partial charge in [0.15, 0.2) is 0 Å². The molecule has 2 fully saturated rings. The molecule has 3 nitrogen and oxygen atoms in total. The summed E-state index contributed by atoms with van der Waals surface area (Å²) in [6.45, 7) is 3.76. The van der Waals surface area contributed by atoms with Gasteiger partial charge in [-0.3, -0.25) is 4.79 Å². The number of aliphatic hydroxyl groups excluding tert-OH is 2. The molecule has 0 aromatic rings. The van der Waals surface area contributed by atoms with Crippen molar-refractivity contribution in [2.45, 2.75) is 51.7 Å². The van der Waals surface area contributed by atoms with Crippen LogP contribution < -0.4 is 0 Å². The van der Waals surface area contributed by atoms with Gasteiger partial charge in [-0.25, -0.2) is 0 Å². The van der Waals surface area contributed by atoms with Crippen LogP contribution in [-0.4, -0.2) is 28.2 Å². The highest BCUT2D eigenvalue weighted by atomic mass is 16.3. The fourth-order valence-corrected chi connectivity index (χ4v) is 3.50. The second-order valence-electron chi connectivity index (χ2n) is 6.23. The van der Waals surface area contributed by atoms with Gasteiger partial charge in [-0.1, -0.05) is 19.1 Å². The Hall–Kier alpha value is -1.11.